The van der Waals surface area contributed by atoms with Gasteiger partial charge in [-0.05, 0) is 43.3 Å². The molecule has 0 radical (unpaired) electrons. The van der Waals surface area contributed by atoms with Crippen LogP contribution in [-0.2, 0) is 4.74 Å². The summed E-state index contributed by atoms with van der Waals surface area (Å²) in [6, 6.07) is 10.2. The summed E-state index contributed by atoms with van der Waals surface area (Å²) in [5.74, 6) is -0.931. The van der Waals surface area contributed by atoms with Crippen molar-refractivity contribution in [1.82, 2.24) is 0 Å². The predicted octanol–water partition coefficient (Wildman–Crippen LogP) is 4.41. The number of anilines is 2. The molecule has 0 aliphatic heterocycles. The van der Waals surface area contributed by atoms with Gasteiger partial charge >= 0.3 is 18.4 Å². The first-order valence-electron chi connectivity index (χ1n) is 7.48. The zero-order valence-electron chi connectivity index (χ0n) is 13.6. The van der Waals surface area contributed by atoms with Crippen LogP contribution in [0.15, 0.2) is 48.5 Å². The molecule has 0 aliphatic rings. The van der Waals surface area contributed by atoms with Crippen LogP contribution in [0.2, 0.25) is 0 Å². The molecule has 0 saturated carbocycles. The molecule has 0 spiro atoms. The van der Waals surface area contributed by atoms with E-state index in [1.807, 2.05) is 0 Å². The molecule has 2 aromatic rings. The average molecular weight is 368 g/mol. The minimum Gasteiger partial charge on any atom is -0.462 e. The Bertz CT molecular complexity index is 776. The van der Waals surface area contributed by atoms with Gasteiger partial charge in [-0.25, -0.2) is 9.59 Å². The van der Waals surface area contributed by atoms with Gasteiger partial charge in [0.05, 0.1) is 12.2 Å². The quantitative estimate of drug-likeness (QED) is 0.767. The summed E-state index contributed by atoms with van der Waals surface area (Å²) in [6.45, 7) is 1.94. The maximum atomic E-state index is 12.2. The monoisotopic (exact) mass is 368 g/mol. The van der Waals surface area contributed by atoms with Crippen molar-refractivity contribution in [3.8, 4) is 5.75 Å². The molecule has 0 saturated heterocycles. The first-order valence-corrected chi connectivity index (χ1v) is 7.48. The molecule has 0 aliphatic carbocycles. The van der Waals surface area contributed by atoms with Gasteiger partial charge in [-0.3, -0.25) is 0 Å². The Labute approximate surface area is 146 Å². The van der Waals surface area contributed by atoms with Gasteiger partial charge in [0, 0.05) is 17.4 Å². The van der Waals surface area contributed by atoms with Crippen molar-refractivity contribution in [1.29, 1.82) is 0 Å². The van der Waals surface area contributed by atoms with E-state index >= 15 is 0 Å². The normalized spacial score (nSPS) is 10.8. The van der Waals surface area contributed by atoms with Gasteiger partial charge in [-0.2, -0.15) is 0 Å². The van der Waals surface area contributed by atoms with E-state index in [1.165, 1.54) is 36.4 Å². The van der Waals surface area contributed by atoms with Crippen LogP contribution in [0.3, 0.4) is 0 Å². The first kappa shape index (κ1) is 19.1. The summed E-state index contributed by atoms with van der Waals surface area (Å²) in [5.41, 5.74) is 0.834. The van der Waals surface area contributed by atoms with Crippen LogP contribution in [0, 0.1) is 0 Å². The molecule has 26 heavy (non-hydrogen) atoms. The molecule has 0 bridgehead atoms. The molecule has 0 heterocycles. The van der Waals surface area contributed by atoms with Crippen LogP contribution in [0.5, 0.6) is 5.75 Å². The number of rotatable bonds is 5. The number of carbonyl (C=O) groups is 2. The van der Waals surface area contributed by atoms with Crippen LogP contribution in [0.1, 0.15) is 17.3 Å². The maximum Gasteiger partial charge on any atom is 0.573 e. The van der Waals surface area contributed by atoms with E-state index in [2.05, 4.69) is 15.4 Å². The van der Waals surface area contributed by atoms with Crippen LogP contribution in [0.25, 0.3) is 0 Å². The third-order valence-corrected chi connectivity index (χ3v) is 2.98. The number of esters is 1. The molecule has 9 heteroatoms. The number of alkyl halides is 3. The first-order chi connectivity index (χ1) is 12.3. The zero-order chi connectivity index (χ0) is 19.2. The lowest BCUT2D eigenvalue weighted by atomic mass is 10.2. The number of nitrogens with one attached hydrogen (secondary N) is 2. The Kier molecular flexibility index (Phi) is 6.05. The Hall–Kier alpha value is -3.23. The number of hydrogen-bond acceptors (Lipinski definition) is 4. The van der Waals surface area contributed by atoms with Gasteiger partial charge in [0.25, 0.3) is 0 Å². The van der Waals surface area contributed by atoms with E-state index in [1.54, 1.807) is 6.92 Å². The van der Waals surface area contributed by atoms with E-state index in [0.717, 1.165) is 12.1 Å². The van der Waals surface area contributed by atoms with E-state index in [9.17, 15) is 22.8 Å². The standard InChI is InChI=1S/C17H15F3N2O4/c1-2-25-15(23)11-6-8-12(9-7-11)21-16(24)22-13-4-3-5-14(10-13)26-17(18,19)20/h3-10H,2H2,1H3,(H2,21,22,24). The lowest BCUT2D eigenvalue weighted by Gasteiger charge is -2.11. The van der Waals surface area contributed by atoms with Crippen LogP contribution in [-0.4, -0.2) is 25.0 Å². The fourth-order valence-corrected chi connectivity index (χ4v) is 1.97. The van der Waals surface area contributed by atoms with Crippen molar-refractivity contribution >= 4 is 23.4 Å². The largest absolute Gasteiger partial charge is 0.573 e. The summed E-state index contributed by atoms with van der Waals surface area (Å²) in [6.07, 6.45) is -4.82. The fraction of sp³-hybridized carbons (Fsp3) is 0.176. The van der Waals surface area contributed by atoms with Crippen molar-refractivity contribution in [3.05, 3.63) is 54.1 Å². The molecule has 0 unspecified atom stereocenters. The molecule has 2 N–H and O–H groups in total. The van der Waals surface area contributed by atoms with Gasteiger partial charge < -0.3 is 20.1 Å². The lowest BCUT2D eigenvalue weighted by Crippen LogP contribution is -2.20. The molecule has 0 fully saturated rings. The fourth-order valence-electron chi connectivity index (χ4n) is 1.97. The van der Waals surface area contributed by atoms with Crippen molar-refractivity contribution in [2.75, 3.05) is 17.2 Å². The van der Waals surface area contributed by atoms with Gasteiger partial charge in [-0.1, -0.05) is 6.07 Å². The van der Waals surface area contributed by atoms with Crippen molar-refractivity contribution in [2.24, 2.45) is 0 Å². The minimum atomic E-state index is -4.82. The summed E-state index contributed by atoms with van der Waals surface area (Å²) < 4.78 is 45.2. The lowest BCUT2D eigenvalue weighted by molar-refractivity contribution is -0.274. The number of hydrogen-bond donors (Lipinski definition) is 2. The second kappa shape index (κ2) is 8.24. The van der Waals surface area contributed by atoms with Gasteiger partial charge in [0.15, 0.2) is 0 Å². The Morgan fingerprint density at radius 2 is 1.65 bits per heavy atom. The number of benzene rings is 2. The highest BCUT2D eigenvalue weighted by atomic mass is 19.4. The van der Waals surface area contributed by atoms with E-state index in [0.29, 0.717) is 11.3 Å². The molecule has 2 aromatic carbocycles. The minimum absolute atomic E-state index is 0.118. The predicted molar refractivity (Wildman–Crippen MR) is 88.2 cm³/mol. The molecule has 0 aromatic heterocycles. The number of halogens is 3. The SMILES string of the molecule is CCOC(=O)c1ccc(NC(=O)Nc2cccc(OC(F)(F)F)c2)cc1. The second-order valence-electron chi connectivity index (χ2n) is 4.95. The molecule has 2 rings (SSSR count). The summed E-state index contributed by atoms with van der Waals surface area (Å²) in [4.78, 5) is 23.5. The number of carbonyl (C=O) groups excluding carboxylic acids is 2. The van der Waals surface area contributed by atoms with Gasteiger partial charge in [-0.15, -0.1) is 13.2 Å². The molecular weight excluding hydrogens is 353 g/mol. The highest BCUT2D eigenvalue weighted by Gasteiger charge is 2.31. The van der Waals surface area contributed by atoms with Crippen LogP contribution in [0.4, 0.5) is 29.3 Å². The van der Waals surface area contributed by atoms with Crippen molar-refractivity contribution in [3.63, 3.8) is 0 Å². The second-order valence-corrected chi connectivity index (χ2v) is 4.95. The smallest absolute Gasteiger partial charge is 0.462 e. The zero-order valence-corrected chi connectivity index (χ0v) is 13.6. The number of amides is 2. The summed E-state index contributed by atoms with van der Waals surface area (Å²) >= 11 is 0. The maximum absolute atomic E-state index is 12.2. The van der Waals surface area contributed by atoms with Gasteiger partial charge in [0.1, 0.15) is 5.75 Å². The van der Waals surface area contributed by atoms with Crippen molar-refractivity contribution in [2.45, 2.75) is 13.3 Å². The van der Waals surface area contributed by atoms with E-state index < -0.39 is 24.1 Å². The number of ether oxygens (including phenoxy) is 2. The molecule has 6 nitrogen and oxygen atoms in total. The molecule has 0 atom stereocenters. The van der Waals surface area contributed by atoms with E-state index in [4.69, 9.17) is 4.74 Å². The van der Waals surface area contributed by atoms with Gasteiger partial charge in [0.2, 0.25) is 0 Å². The van der Waals surface area contributed by atoms with Crippen LogP contribution < -0.4 is 15.4 Å². The topological polar surface area (TPSA) is 76.7 Å². The average Bonchev–Trinajstić information content (AvgIpc) is 2.54. The number of urea groups is 1. The summed E-state index contributed by atoms with van der Waals surface area (Å²) in [5, 5.41) is 4.88. The summed E-state index contributed by atoms with van der Waals surface area (Å²) in [7, 11) is 0. The third-order valence-electron chi connectivity index (χ3n) is 2.98. The highest BCUT2D eigenvalue weighted by Crippen LogP contribution is 2.25. The highest BCUT2D eigenvalue weighted by molar-refractivity contribution is 6.00. The molecule has 2 amide bonds. The van der Waals surface area contributed by atoms with Crippen molar-refractivity contribution < 1.29 is 32.2 Å². The van der Waals surface area contributed by atoms with Crippen LogP contribution >= 0.6 is 0 Å². The Morgan fingerprint density at radius 1 is 1.00 bits per heavy atom. The Balaban J connectivity index is 1.96. The molecule has 138 valence electrons. The molecular formula is C17H15F3N2O4. The third kappa shape index (κ3) is 6.00. The van der Waals surface area contributed by atoms with E-state index in [-0.39, 0.29) is 12.3 Å². The Morgan fingerprint density at radius 3 is 2.27 bits per heavy atom.